The van der Waals surface area contributed by atoms with Gasteiger partial charge in [0.25, 0.3) is 0 Å². The molecule has 0 saturated carbocycles. The lowest BCUT2D eigenvalue weighted by Gasteiger charge is -2.10. The molecule has 0 rings (SSSR count). The van der Waals surface area contributed by atoms with Gasteiger partial charge in [0.15, 0.2) is 0 Å². The van der Waals surface area contributed by atoms with E-state index >= 15 is 0 Å². The van der Waals surface area contributed by atoms with E-state index in [-0.39, 0.29) is 6.61 Å². The number of thioether (sulfide) groups is 1. The molecule has 0 aliphatic heterocycles. The van der Waals surface area contributed by atoms with Crippen molar-refractivity contribution < 1.29 is 15.3 Å². The van der Waals surface area contributed by atoms with Gasteiger partial charge in [0, 0.05) is 5.75 Å². The van der Waals surface area contributed by atoms with Crippen LogP contribution in [0.5, 0.6) is 0 Å². The van der Waals surface area contributed by atoms with Gasteiger partial charge in [-0.05, 0) is 6.92 Å². The molecule has 3 nitrogen and oxygen atoms in total. The number of hydrogen-bond donors (Lipinski definition) is 3. The molecule has 2 atom stereocenters. The average Bonchev–Trinajstić information content (AvgIpc) is 1.82. The Morgan fingerprint density at radius 1 is 1.44 bits per heavy atom. The molecule has 2 unspecified atom stereocenters. The van der Waals surface area contributed by atoms with E-state index in [0.29, 0.717) is 5.75 Å². The van der Waals surface area contributed by atoms with Gasteiger partial charge in [0.2, 0.25) is 0 Å². The largest absolute Gasteiger partial charge is 0.396 e. The summed E-state index contributed by atoms with van der Waals surface area (Å²) >= 11 is 1.14. The van der Waals surface area contributed by atoms with Gasteiger partial charge in [-0.15, -0.1) is 11.8 Å². The fourth-order valence-corrected chi connectivity index (χ4v) is 0.938. The average molecular weight is 152 g/mol. The van der Waals surface area contributed by atoms with Crippen molar-refractivity contribution in [1.82, 2.24) is 0 Å². The molecule has 56 valence electrons. The van der Waals surface area contributed by atoms with Gasteiger partial charge in [-0.1, -0.05) is 0 Å². The highest BCUT2D eigenvalue weighted by Gasteiger charge is 2.09. The van der Waals surface area contributed by atoms with Crippen molar-refractivity contribution in [3.05, 3.63) is 0 Å². The van der Waals surface area contributed by atoms with Crippen LogP contribution in [0.2, 0.25) is 0 Å². The fourth-order valence-electron chi connectivity index (χ4n) is 0.313. The summed E-state index contributed by atoms with van der Waals surface area (Å²) in [5.41, 5.74) is -0.767. The van der Waals surface area contributed by atoms with E-state index in [4.69, 9.17) is 15.3 Å². The molecule has 0 fully saturated rings. The van der Waals surface area contributed by atoms with Crippen LogP contribution in [0.25, 0.3) is 0 Å². The highest BCUT2D eigenvalue weighted by atomic mass is 32.2. The van der Waals surface area contributed by atoms with Gasteiger partial charge in [-0.25, -0.2) is 0 Å². The third-order valence-corrected chi connectivity index (χ3v) is 1.95. The lowest BCUT2D eigenvalue weighted by molar-refractivity contribution is 0.0872. The standard InChI is InChI=1S/C5H12O3S/c1-4(7)5(8)9-3-2-6/h4-8H,2-3H2,1H3. The first-order valence-electron chi connectivity index (χ1n) is 2.77. The number of aliphatic hydroxyl groups excluding tert-OH is 3. The predicted molar refractivity (Wildman–Crippen MR) is 37.2 cm³/mol. The Morgan fingerprint density at radius 3 is 2.33 bits per heavy atom. The first kappa shape index (κ1) is 9.23. The third-order valence-electron chi connectivity index (χ3n) is 0.793. The molecule has 0 aromatic heterocycles. The Balaban J connectivity index is 3.16. The second-order valence-corrected chi connectivity index (χ2v) is 2.95. The van der Waals surface area contributed by atoms with Crippen LogP contribution in [0.4, 0.5) is 0 Å². The van der Waals surface area contributed by atoms with Crippen molar-refractivity contribution in [2.75, 3.05) is 12.4 Å². The third kappa shape index (κ3) is 4.72. The molecule has 0 saturated heterocycles. The van der Waals surface area contributed by atoms with Crippen LogP contribution in [-0.2, 0) is 0 Å². The zero-order valence-electron chi connectivity index (χ0n) is 5.32. The minimum atomic E-state index is -0.767. The molecule has 0 heterocycles. The normalized spacial score (nSPS) is 17.3. The van der Waals surface area contributed by atoms with E-state index in [9.17, 15) is 0 Å². The Hall–Kier alpha value is 0.230. The Labute approximate surface area is 58.7 Å². The van der Waals surface area contributed by atoms with Crippen LogP contribution in [-0.4, -0.2) is 39.2 Å². The molecule has 0 aliphatic rings. The minimum Gasteiger partial charge on any atom is -0.396 e. The highest BCUT2D eigenvalue weighted by molar-refractivity contribution is 7.99. The van der Waals surface area contributed by atoms with Crippen LogP contribution < -0.4 is 0 Å². The predicted octanol–water partition coefficient (Wildman–Crippen LogP) is -0.589. The zero-order valence-corrected chi connectivity index (χ0v) is 6.14. The maximum atomic E-state index is 8.86. The molecule has 0 spiro atoms. The van der Waals surface area contributed by atoms with Crippen molar-refractivity contribution >= 4 is 11.8 Å². The van der Waals surface area contributed by atoms with E-state index in [1.807, 2.05) is 0 Å². The van der Waals surface area contributed by atoms with Gasteiger partial charge in [0.05, 0.1) is 12.7 Å². The summed E-state index contributed by atoms with van der Waals surface area (Å²) in [7, 11) is 0. The molecular weight excluding hydrogens is 140 g/mol. The quantitative estimate of drug-likeness (QED) is 0.471. The highest BCUT2D eigenvalue weighted by Crippen LogP contribution is 2.10. The van der Waals surface area contributed by atoms with E-state index in [1.165, 1.54) is 6.92 Å². The molecular formula is C5H12O3S. The van der Waals surface area contributed by atoms with Crippen molar-refractivity contribution in [3.8, 4) is 0 Å². The number of rotatable bonds is 4. The Bertz CT molecular complexity index is 67.2. The maximum absolute atomic E-state index is 8.86. The van der Waals surface area contributed by atoms with E-state index < -0.39 is 11.5 Å². The van der Waals surface area contributed by atoms with Crippen LogP contribution in [0.3, 0.4) is 0 Å². The SMILES string of the molecule is CC(O)C(O)SCCO. The second kappa shape index (κ2) is 5.05. The summed E-state index contributed by atoms with van der Waals surface area (Å²) in [5, 5.41) is 25.8. The summed E-state index contributed by atoms with van der Waals surface area (Å²) in [5.74, 6) is 0.464. The molecule has 0 radical (unpaired) electrons. The number of hydrogen-bond acceptors (Lipinski definition) is 4. The van der Waals surface area contributed by atoms with Gasteiger partial charge in [-0.2, -0.15) is 0 Å². The molecule has 0 bridgehead atoms. The van der Waals surface area contributed by atoms with Crippen molar-refractivity contribution in [2.24, 2.45) is 0 Å². The summed E-state index contributed by atoms with van der Waals surface area (Å²) < 4.78 is 0. The first-order valence-corrected chi connectivity index (χ1v) is 3.82. The van der Waals surface area contributed by atoms with Crippen LogP contribution in [0.1, 0.15) is 6.92 Å². The fraction of sp³-hybridized carbons (Fsp3) is 1.00. The molecule has 0 aliphatic carbocycles. The van der Waals surface area contributed by atoms with Gasteiger partial charge < -0.3 is 15.3 Å². The first-order chi connectivity index (χ1) is 4.18. The van der Waals surface area contributed by atoms with Crippen molar-refractivity contribution in [1.29, 1.82) is 0 Å². The molecule has 0 amide bonds. The van der Waals surface area contributed by atoms with E-state index in [1.54, 1.807) is 0 Å². The van der Waals surface area contributed by atoms with Gasteiger partial charge >= 0.3 is 0 Å². The van der Waals surface area contributed by atoms with Crippen LogP contribution in [0.15, 0.2) is 0 Å². The smallest absolute Gasteiger partial charge is 0.125 e. The number of aliphatic hydroxyl groups is 3. The van der Waals surface area contributed by atoms with Gasteiger partial charge in [0.1, 0.15) is 5.44 Å². The van der Waals surface area contributed by atoms with E-state index in [2.05, 4.69) is 0 Å². The molecule has 9 heavy (non-hydrogen) atoms. The molecule has 0 aromatic rings. The van der Waals surface area contributed by atoms with Crippen molar-refractivity contribution in [2.45, 2.75) is 18.5 Å². The second-order valence-electron chi connectivity index (χ2n) is 1.73. The van der Waals surface area contributed by atoms with Gasteiger partial charge in [-0.3, -0.25) is 0 Å². The molecule has 3 N–H and O–H groups in total. The molecule has 0 aromatic carbocycles. The minimum absolute atomic E-state index is 0.0362. The summed E-state index contributed by atoms with van der Waals surface area (Å²) in [6.45, 7) is 1.55. The van der Waals surface area contributed by atoms with Crippen LogP contribution >= 0.6 is 11.8 Å². The lowest BCUT2D eigenvalue weighted by Crippen LogP contribution is -2.19. The summed E-state index contributed by atoms with van der Waals surface area (Å²) in [4.78, 5) is 0. The topological polar surface area (TPSA) is 60.7 Å². The lowest BCUT2D eigenvalue weighted by atomic mass is 10.4. The summed E-state index contributed by atoms with van der Waals surface area (Å²) in [6.07, 6.45) is -0.721. The summed E-state index contributed by atoms with van der Waals surface area (Å²) in [6, 6.07) is 0. The van der Waals surface area contributed by atoms with Crippen molar-refractivity contribution in [3.63, 3.8) is 0 Å². The Kier molecular flexibility index (Phi) is 5.18. The van der Waals surface area contributed by atoms with Crippen LogP contribution in [0, 0.1) is 0 Å². The monoisotopic (exact) mass is 152 g/mol. The zero-order chi connectivity index (χ0) is 7.28. The Morgan fingerprint density at radius 2 is 2.00 bits per heavy atom. The maximum Gasteiger partial charge on any atom is 0.125 e. The van der Waals surface area contributed by atoms with E-state index in [0.717, 1.165) is 11.8 Å². The molecule has 4 heteroatoms.